The van der Waals surface area contributed by atoms with Crippen LogP contribution in [0, 0.1) is 10.1 Å². The van der Waals surface area contributed by atoms with Crippen molar-refractivity contribution < 1.29 is 13.3 Å². The highest BCUT2D eigenvalue weighted by Gasteiger charge is 2.19. The number of non-ortho nitro benzene ring substituents is 1. The van der Waals surface area contributed by atoms with Gasteiger partial charge in [-0.05, 0) is 36.2 Å². The van der Waals surface area contributed by atoms with Crippen molar-refractivity contribution in [2.24, 2.45) is 0 Å². The first kappa shape index (κ1) is 14.3. The maximum atomic E-state index is 12.4. The molecule has 1 aliphatic heterocycles. The molecule has 2 aromatic rings. The van der Waals surface area contributed by atoms with E-state index < -0.39 is 14.9 Å². The molecular weight excluding hydrogens is 306 g/mol. The zero-order valence-electron chi connectivity index (χ0n) is 11.4. The number of nitro groups is 1. The van der Waals surface area contributed by atoms with Crippen LogP contribution in [-0.2, 0) is 16.4 Å². The summed E-state index contributed by atoms with van der Waals surface area (Å²) in [6, 6.07) is 10.3. The molecule has 0 fully saturated rings. The van der Waals surface area contributed by atoms with Gasteiger partial charge in [0.2, 0.25) is 0 Å². The number of rotatable bonds is 4. The lowest BCUT2D eigenvalue weighted by atomic mass is 10.2. The number of benzene rings is 2. The highest BCUT2D eigenvalue weighted by atomic mass is 32.2. The highest BCUT2D eigenvalue weighted by molar-refractivity contribution is 7.92. The summed E-state index contributed by atoms with van der Waals surface area (Å²) in [5.41, 5.74) is 1.88. The summed E-state index contributed by atoms with van der Waals surface area (Å²) in [7, 11) is -3.78. The summed E-state index contributed by atoms with van der Waals surface area (Å²) in [6.45, 7) is 0.789. The number of nitro benzene ring substituents is 1. The van der Waals surface area contributed by atoms with E-state index in [0.717, 1.165) is 24.2 Å². The van der Waals surface area contributed by atoms with Crippen LogP contribution in [0.3, 0.4) is 0 Å². The quantitative estimate of drug-likeness (QED) is 0.665. The Balaban J connectivity index is 1.90. The monoisotopic (exact) mass is 319 g/mol. The van der Waals surface area contributed by atoms with Crippen molar-refractivity contribution in [3.63, 3.8) is 0 Å². The Labute approximate surface area is 127 Å². The molecule has 2 N–H and O–H groups in total. The number of anilines is 2. The van der Waals surface area contributed by atoms with Crippen LogP contribution < -0.4 is 10.0 Å². The lowest BCUT2D eigenvalue weighted by molar-refractivity contribution is -0.384. The third kappa shape index (κ3) is 2.73. The van der Waals surface area contributed by atoms with Gasteiger partial charge in [-0.25, -0.2) is 8.42 Å². The van der Waals surface area contributed by atoms with E-state index >= 15 is 0 Å². The van der Waals surface area contributed by atoms with Crippen LogP contribution in [0.15, 0.2) is 47.4 Å². The molecule has 0 unspecified atom stereocenters. The Morgan fingerprint density at radius 3 is 2.77 bits per heavy atom. The first-order valence-corrected chi connectivity index (χ1v) is 8.08. The summed E-state index contributed by atoms with van der Waals surface area (Å²) in [4.78, 5) is 10.3. The smallest absolute Gasteiger partial charge is 0.271 e. The van der Waals surface area contributed by atoms with Crippen LogP contribution in [-0.4, -0.2) is 19.9 Å². The third-order valence-electron chi connectivity index (χ3n) is 3.41. The van der Waals surface area contributed by atoms with Crippen molar-refractivity contribution in [2.75, 3.05) is 16.6 Å². The summed E-state index contributed by atoms with van der Waals surface area (Å²) < 4.78 is 27.1. The van der Waals surface area contributed by atoms with Crippen LogP contribution in [0.5, 0.6) is 0 Å². The van der Waals surface area contributed by atoms with Crippen molar-refractivity contribution in [1.29, 1.82) is 0 Å². The van der Waals surface area contributed by atoms with Gasteiger partial charge >= 0.3 is 0 Å². The predicted octanol–water partition coefficient (Wildman–Crippen LogP) is 2.36. The predicted molar refractivity (Wildman–Crippen MR) is 82.5 cm³/mol. The third-order valence-corrected chi connectivity index (χ3v) is 4.78. The van der Waals surface area contributed by atoms with E-state index in [-0.39, 0.29) is 16.3 Å². The van der Waals surface area contributed by atoms with Crippen LogP contribution in [0.25, 0.3) is 0 Å². The number of hydrogen-bond donors (Lipinski definition) is 2. The van der Waals surface area contributed by atoms with Gasteiger partial charge in [0.15, 0.2) is 0 Å². The fourth-order valence-electron chi connectivity index (χ4n) is 2.35. The largest absolute Gasteiger partial charge is 0.384 e. The Morgan fingerprint density at radius 1 is 1.18 bits per heavy atom. The molecule has 3 rings (SSSR count). The van der Waals surface area contributed by atoms with Gasteiger partial charge < -0.3 is 5.32 Å². The second-order valence-corrected chi connectivity index (χ2v) is 6.59. The minimum atomic E-state index is -3.78. The fourth-order valence-corrected chi connectivity index (χ4v) is 3.45. The second-order valence-electron chi connectivity index (χ2n) is 4.91. The molecule has 0 bridgehead atoms. The minimum absolute atomic E-state index is 0.140. The van der Waals surface area contributed by atoms with Gasteiger partial charge in [0.1, 0.15) is 0 Å². The zero-order valence-corrected chi connectivity index (χ0v) is 12.3. The van der Waals surface area contributed by atoms with Crippen molar-refractivity contribution in [2.45, 2.75) is 11.3 Å². The van der Waals surface area contributed by atoms with E-state index in [1.807, 2.05) is 0 Å². The number of hydrogen-bond acceptors (Lipinski definition) is 5. The number of nitrogens with zero attached hydrogens (tertiary/aromatic N) is 1. The Morgan fingerprint density at radius 2 is 2.00 bits per heavy atom. The minimum Gasteiger partial charge on any atom is -0.384 e. The lowest BCUT2D eigenvalue weighted by Crippen LogP contribution is -2.13. The molecule has 0 aromatic heterocycles. The summed E-state index contributed by atoms with van der Waals surface area (Å²) >= 11 is 0. The molecule has 8 heteroatoms. The molecule has 0 atom stereocenters. The first-order valence-electron chi connectivity index (χ1n) is 6.60. The summed E-state index contributed by atoms with van der Waals surface area (Å²) in [6.07, 6.45) is 0.773. The maximum Gasteiger partial charge on any atom is 0.271 e. The number of fused-ring (bicyclic) bond motifs is 1. The molecule has 0 saturated carbocycles. The molecule has 0 spiro atoms. The Hall–Kier alpha value is -2.61. The van der Waals surface area contributed by atoms with Gasteiger partial charge in [-0.3, -0.25) is 14.8 Å². The van der Waals surface area contributed by atoms with E-state index in [1.54, 1.807) is 12.1 Å². The summed E-state index contributed by atoms with van der Waals surface area (Å²) in [5.74, 6) is 0. The van der Waals surface area contributed by atoms with Crippen molar-refractivity contribution in [3.8, 4) is 0 Å². The van der Waals surface area contributed by atoms with Crippen LogP contribution in [0.2, 0.25) is 0 Å². The second kappa shape index (κ2) is 5.30. The van der Waals surface area contributed by atoms with Gasteiger partial charge in [-0.2, -0.15) is 0 Å². The van der Waals surface area contributed by atoms with Crippen molar-refractivity contribution in [1.82, 2.24) is 0 Å². The molecule has 7 nitrogen and oxygen atoms in total. The van der Waals surface area contributed by atoms with Gasteiger partial charge in [0.05, 0.1) is 15.5 Å². The zero-order chi connectivity index (χ0) is 15.7. The van der Waals surface area contributed by atoms with E-state index in [0.29, 0.717) is 0 Å². The molecule has 0 saturated heterocycles. The van der Waals surface area contributed by atoms with Crippen LogP contribution in [0.4, 0.5) is 17.1 Å². The van der Waals surface area contributed by atoms with Crippen LogP contribution >= 0.6 is 0 Å². The molecule has 1 aliphatic rings. The molecule has 22 heavy (non-hydrogen) atoms. The first-order chi connectivity index (χ1) is 10.5. The van der Waals surface area contributed by atoms with E-state index in [1.165, 1.54) is 30.3 Å². The van der Waals surface area contributed by atoms with Crippen molar-refractivity contribution >= 4 is 27.1 Å². The van der Waals surface area contributed by atoms with E-state index in [9.17, 15) is 18.5 Å². The average molecular weight is 319 g/mol. The molecule has 0 amide bonds. The maximum absolute atomic E-state index is 12.4. The van der Waals surface area contributed by atoms with Gasteiger partial charge in [-0.15, -0.1) is 0 Å². The van der Waals surface area contributed by atoms with Crippen molar-refractivity contribution in [3.05, 3.63) is 58.1 Å². The normalized spacial score (nSPS) is 13.3. The highest BCUT2D eigenvalue weighted by Crippen LogP contribution is 2.26. The molecule has 2 aromatic carbocycles. The topological polar surface area (TPSA) is 101 Å². The van der Waals surface area contributed by atoms with Gasteiger partial charge in [0.25, 0.3) is 15.7 Å². The average Bonchev–Trinajstić information content (AvgIpc) is 2.94. The number of nitrogens with one attached hydrogen (secondary N) is 2. The van der Waals surface area contributed by atoms with E-state index in [2.05, 4.69) is 10.0 Å². The fraction of sp³-hybridized carbons (Fsp3) is 0.143. The molecule has 1 heterocycles. The van der Waals surface area contributed by atoms with Gasteiger partial charge in [-0.1, -0.05) is 6.07 Å². The standard InChI is InChI=1S/C14H13N3O4S/c18-17(19)12-3-1-2-11(9-12)16-22(20,21)13-4-5-14-10(8-13)6-7-15-14/h1-5,8-9,15-16H,6-7H2. The SMILES string of the molecule is O=[N+]([O-])c1cccc(NS(=O)(=O)c2ccc3c(c2)CCN3)c1. The van der Waals surface area contributed by atoms with E-state index in [4.69, 9.17) is 0 Å². The molecule has 0 aliphatic carbocycles. The summed E-state index contributed by atoms with van der Waals surface area (Å²) in [5, 5.41) is 13.9. The van der Waals surface area contributed by atoms with Gasteiger partial charge in [0, 0.05) is 24.4 Å². The lowest BCUT2D eigenvalue weighted by Gasteiger charge is -2.09. The Bertz CT molecular complexity index is 849. The Kier molecular flexibility index (Phi) is 3.45. The molecule has 114 valence electrons. The molecular formula is C14H13N3O4S. The molecule has 0 radical (unpaired) electrons. The van der Waals surface area contributed by atoms with Crippen LogP contribution in [0.1, 0.15) is 5.56 Å². The number of sulfonamides is 1.